The quantitative estimate of drug-likeness (QED) is 0.340. The molecule has 0 rings (SSSR count). The number of halogens is 1. The van der Waals surface area contributed by atoms with Crippen LogP contribution in [-0.4, -0.2) is 8.11 Å². The smallest absolute Gasteiger partial charge is 0.870 e. The predicted octanol–water partition coefficient (Wildman–Crippen LogP) is -3.26. The van der Waals surface area contributed by atoms with E-state index in [2.05, 4.69) is 11.1 Å². The second-order valence-electron chi connectivity index (χ2n) is 0.481. The first-order valence-electron chi connectivity index (χ1n) is 0.801. The molecule has 0 aromatic carbocycles. The molecule has 0 aliphatic carbocycles. The van der Waals surface area contributed by atoms with E-state index in [-0.39, 0.29) is 49.4 Å². The Morgan fingerprint density at radius 1 is 1.17 bits per heavy atom. The first-order valence-corrected chi connectivity index (χ1v) is 3.54. The van der Waals surface area contributed by atoms with Gasteiger partial charge in [0.2, 0.25) is 0 Å². The maximum Gasteiger partial charge on any atom is 3.00 e. The molecule has 0 saturated heterocycles. The van der Waals surface area contributed by atoms with Crippen LogP contribution < -0.4 is 14.4 Å². The van der Waals surface area contributed by atoms with Crippen LogP contribution in [0.25, 0.3) is 0 Å². The standard InChI is InChI=1S/ClO3Si.Eu/c1-5(2,3)4;/q-3;+3. The van der Waals surface area contributed by atoms with Crippen molar-refractivity contribution in [2.75, 3.05) is 0 Å². The molecule has 0 heterocycles. The molecule has 0 amide bonds. The fourth-order valence-corrected chi connectivity index (χ4v) is 0. The Kier molecular flexibility index (Phi) is 7.08. The number of rotatable bonds is 0. The molecule has 6 heavy (non-hydrogen) atoms. The predicted molar refractivity (Wildman–Crippen MR) is 11.6 cm³/mol. The molecule has 0 aromatic rings. The summed E-state index contributed by atoms with van der Waals surface area (Å²) in [6.45, 7) is 0. The molecule has 0 fully saturated rings. The summed E-state index contributed by atoms with van der Waals surface area (Å²) in [7, 11) is -4.89. The second-order valence-corrected chi connectivity index (χ2v) is 2.83. The monoisotopic (exact) mass is 264 g/mol. The second kappa shape index (κ2) is 3.91. The topological polar surface area (TPSA) is 69.2 Å². The van der Waals surface area contributed by atoms with Gasteiger partial charge in [-0.2, -0.15) is 8.11 Å². The van der Waals surface area contributed by atoms with E-state index in [0.29, 0.717) is 0 Å². The molecule has 6 heteroatoms. The molecule has 0 radical (unpaired) electrons. The molecule has 0 aliphatic heterocycles. The van der Waals surface area contributed by atoms with E-state index in [4.69, 9.17) is 14.4 Å². The summed E-state index contributed by atoms with van der Waals surface area (Å²) in [5.41, 5.74) is 0. The van der Waals surface area contributed by atoms with Crippen LogP contribution in [0.1, 0.15) is 0 Å². The van der Waals surface area contributed by atoms with Gasteiger partial charge in [-0.25, -0.2) is 11.1 Å². The number of hydrogen-bond acceptors (Lipinski definition) is 3. The Bertz CT molecular complexity index is 26.3. The van der Waals surface area contributed by atoms with Gasteiger partial charge >= 0.3 is 49.4 Å². The molecule has 0 bridgehead atoms. The summed E-state index contributed by atoms with van der Waals surface area (Å²) < 4.78 is 0. The van der Waals surface area contributed by atoms with Crippen molar-refractivity contribution in [3.8, 4) is 0 Å². The molecule has 0 aliphatic rings. The Morgan fingerprint density at radius 3 is 1.17 bits per heavy atom. The SMILES string of the molecule is [Eu+3].[O-][Si]([O-])([O-])Cl. The van der Waals surface area contributed by atoms with E-state index in [1.807, 2.05) is 0 Å². The van der Waals surface area contributed by atoms with Gasteiger partial charge in [0.05, 0.1) is 0 Å². The first-order chi connectivity index (χ1) is 2.00. The van der Waals surface area contributed by atoms with Crippen molar-refractivity contribution in [1.29, 1.82) is 0 Å². The van der Waals surface area contributed by atoms with Crippen LogP contribution in [0.2, 0.25) is 0 Å². The molecular weight excluding hydrogens is 264 g/mol. The van der Waals surface area contributed by atoms with E-state index in [9.17, 15) is 0 Å². The van der Waals surface area contributed by atoms with Gasteiger partial charge in [0.25, 0.3) is 0 Å². The molecule has 0 N–H and O–H groups in total. The van der Waals surface area contributed by atoms with E-state index in [1.165, 1.54) is 0 Å². The van der Waals surface area contributed by atoms with Crippen LogP contribution in [0.15, 0.2) is 0 Å². The van der Waals surface area contributed by atoms with Crippen LogP contribution >= 0.6 is 11.1 Å². The fraction of sp³-hybridized carbons (Fsp3) is 0. The van der Waals surface area contributed by atoms with E-state index in [1.54, 1.807) is 0 Å². The van der Waals surface area contributed by atoms with Gasteiger partial charge in [-0.05, 0) is 0 Å². The summed E-state index contributed by atoms with van der Waals surface area (Å²) in [6, 6.07) is 0. The van der Waals surface area contributed by atoms with Crippen molar-refractivity contribution < 1.29 is 63.8 Å². The average molecular weight is 264 g/mol. The molecule has 0 aromatic heterocycles. The molecule has 0 spiro atoms. The van der Waals surface area contributed by atoms with Crippen molar-refractivity contribution in [3.05, 3.63) is 0 Å². The van der Waals surface area contributed by atoms with Gasteiger partial charge < -0.3 is 14.4 Å². The normalized spacial score (nSPS) is 10.0. The van der Waals surface area contributed by atoms with Crippen molar-refractivity contribution in [2.24, 2.45) is 0 Å². The van der Waals surface area contributed by atoms with Crippen molar-refractivity contribution in [3.63, 3.8) is 0 Å². The maximum atomic E-state index is 8.90. The van der Waals surface area contributed by atoms with Crippen molar-refractivity contribution in [2.45, 2.75) is 0 Å². The zero-order valence-corrected chi connectivity index (χ0v) is 6.66. The zero-order chi connectivity index (χ0) is 4.50. The summed E-state index contributed by atoms with van der Waals surface area (Å²) in [6.07, 6.45) is 0. The summed E-state index contributed by atoms with van der Waals surface area (Å²) in [5.74, 6) is 0. The summed E-state index contributed by atoms with van der Waals surface area (Å²) in [4.78, 5) is 26.7. The molecular formula is ClEuO3Si. The van der Waals surface area contributed by atoms with Gasteiger partial charge in [0, 0.05) is 0 Å². The molecule has 36 valence electrons. The third-order valence-corrected chi connectivity index (χ3v) is 0. The van der Waals surface area contributed by atoms with E-state index in [0.717, 1.165) is 0 Å². The van der Waals surface area contributed by atoms with Crippen molar-refractivity contribution >= 4 is 19.2 Å². The minimum Gasteiger partial charge on any atom is -0.870 e. The minimum absolute atomic E-state index is 0. The average Bonchev–Trinajstić information content (AvgIpc) is 0.722. The van der Waals surface area contributed by atoms with Crippen LogP contribution in [0.5, 0.6) is 0 Å². The Labute approximate surface area is 81.6 Å². The van der Waals surface area contributed by atoms with Gasteiger partial charge in [-0.3, -0.25) is 0 Å². The maximum absolute atomic E-state index is 8.90. The minimum atomic E-state index is -4.89. The van der Waals surface area contributed by atoms with Crippen LogP contribution in [0.4, 0.5) is 0 Å². The summed E-state index contributed by atoms with van der Waals surface area (Å²) >= 11 is 4.00. The Balaban J connectivity index is 0. The third kappa shape index (κ3) is 38.0. The van der Waals surface area contributed by atoms with Gasteiger partial charge in [0.15, 0.2) is 0 Å². The summed E-state index contributed by atoms with van der Waals surface area (Å²) in [5, 5.41) is 0. The molecule has 0 saturated carbocycles. The largest absolute Gasteiger partial charge is 3.00 e. The van der Waals surface area contributed by atoms with Crippen molar-refractivity contribution in [1.82, 2.24) is 0 Å². The molecule has 0 unspecified atom stereocenters. The van der Waals surface area contributed by atoms with Crippen LogP contribution in [0, 0.1) is 49.4 Å². The fourth-order valence-electron chi connectivity index (χ4n) is 0. The van der Waals surface area contributed by atoms with Crippen LogP contribution in [-0.2, 0) is 0 Å². The molecule has 0 atom stereocenters. The Morgan fingerprint density at radius 2 is 1.17 bits per heavy atom. The van der Waals surface area contributed by atoms with E-state index >= 15 is 0 Å². The molecule has 3 nitrogen and oxygen atoms in total. The van der Waals surface area contributed by atoms with Gasteiger partial charge in [0.1, 0.15) is 0 Å². The van der Waals surface area contributed by atoms with Gasteiger partial charge in [-0.1, -0.05) is 0 Å². The van der Waals surface area contributed by atoms with E-state index < -0.39 is 8.11 Å². The number of hydrogen-bond donors (Lipinski definition) is 0. The Hall–Kier alpha value is 1.97. The third-order valence-electron chi connectivity index (χ3n) is 0. The van der Waals surface area contributed by atoms with Gasteiger partial charge in [-0.15, -0.1) is 0 Å². The van der Waals surface area contributed by atoms with Crippen LogP contribution in [0.3, 0.4) is 0 Å². The zero-order valence-electron chi connectivity index (χ0n) is 2.48. The first kappa shape index (κ1) is 10.9.